The lowest BCUT2D eigenvalue weighted by Gasteiger charge is -2.35. The minimum atomic E-state index is -1.20. The van der Waals surface area contributed by atoms with E-state index in [0.29, 0.717) is 0 Å². The van der Waals surface area contributed by atoms with Crippen LogP contribution in [0.3, 0.4) is 0 Å². The SMILES string of the molecule is CC(C)O[C@H]1OC[C@H](O)[C@H](O)C1O. The Morgan fingerprint density at radius 1 is 1.23 bits per heavy atom. The highest BCUT2D eigenvalue weighted by Crippen LogP contribution is 2.17. The molecule has 5 nitrogen and oxygen atoms in total. The molecule has 1 aliphatic rings. The van der Waals surface area contributed by atoms with E-state index in [2.05, 4.69) is 0 Å². The van der Waals surface area contributed by atoms with Crippen LogP contribution in [0, 0.1) is 0 Å². The number of ether oxygens (including phenoxy) is 2. The maximum Gasteiger partial charge on any atom is 0.186 e. The summed E-state index contributed by atoms with van der Waals surface area (Å²) in [5.41, 5.74) is 0. The summed E-state index contributed by atoms with van der Waals surface area (Å²) in [4.78, 5) is 0. The van der Waals surface area contributed by atoms with Gasteiger partial charge in [-0.2, -0.15) is 0 Å². The molecule has 1 saturated heterocycles. The van der Waals surface area contributed by atoms with Crippen LogP contribution >= 0.6 is 0 Å². The van der Waals surface area contributed by atoms with Crippen LogP contribution in [-0.2, 0) is 9.47 Å². The van der Waals surface area contributed by atoms with Gasteiger partial charge in [-0.05, 0) is 13.8 Å². The normalized spacial score (nSPS) is 41.1. The highest BCUT2D eigenvalue weighted by Gasteiger charge is 2.38. The molecule has 0 bridgehead atoms. The molecule has 1 unspecified atom stereocenters. The molecule has 0 aromatic rings. The molecule has 1 fully saturated rings. The van der Waals surface area contributed by atoms with E-state index in [9.17, 15) is 10.2 Å². The second-order valence-corrected chi connectivity index (χ2v) is 3.44. The fraction of sp³-hybridized carbons (Fsp3) is 1.00. The van der Waals surface area contributed by atoms with Crippen molar-refractivity contribution in [2.75, 3.05) is 6.61 Å². The van der Waals surface area contributed by atoms with E-state index >= 15 is 0 Å². The zero-order chi connectivity index (χ0) is 10.0. The van der Waals surface area contributed by atoms with Crippen LogP contribution in [-0.4, -0.2) is 52.6 Å². The molecule has 0 amide bonds. The van der Waals surface area contributed by atoms with Crippen molar-refractivity contribution >= 4 is 0 Å². The van der Waals surface area contributed by atoms with Crippen LogP contribution in [0.15, 0.2) is 0 Å². The van der Waals surface area contributed by atoms with Gasteiger partial charge in [0.1, 0.15) is 18.3 Å². The molecular weight excluding hydrogens is 176 g/mol. The topological polar surface area (TPSA) is 79.2 Å². The first-order chi connectivity index (χ1) is 6.02. The number of rotatable bonds is 2. The lowest BCUT2D eigenvalue weighted by molar-refractivity contribution is -0.278. The van der Waals surface area contributed by atoms with Crippen molar-refractivity contribution in [2.24, 2.45) is 0 Å². The Kier molecular flexibility index (Phi) is 3.63. The molecule has 13 heavy (non-hydrogen) atoms. The third kappa shape index (κ3) is 2.62. The Morgan fingerprint density at radius 3 is 2.38 bits per heavy atom. The summed E-state index contributed by atoms with van der Waals surface area (Å²) in [7, 11) is 0. The Labute approximate surface area is 76.9 Å². The molecule has 4 atom stereocenters. The van der Waals surface area contributed by atoms with Gasteiger partial charge in [0.15, 0.2) is 6.29 Å². The molecule has 0 aromatic carbocycles. The van der Waals surface area contributed by atoms with Gasteiger partial charge >= 0.3 is 0 Å². The lowest BCUT2D eigenvalue weighted by atomic mass is 10.1. The van der Waals surface area contributed by atoms with Crippen molar-refractivity contribution in [1.29, 1.82) is 0 Å². The maximum atomic E-state index is 9.40. The summed E-state index contributed by atoms with van der Waals surface area (Å²) in [6, 6.07) is 0. The molecule has 1 heterocycles. The summed E-state index contributed by atoms with van der Waals surface area (Å²) >= 11 is 0. The van der Waals surface area contributed by atoms with Crippen LogP contribution in [0.5, 0.6) is 0 Å². The van der Waals surface area contributed by atoms with Gasteiger partial charge < -0.3 is 24.8 Å². The lowest BCUT2D eigenvalue weighted by Crippen LogP contribution is -2.54. The van der Waals surface area contributed by atoms with Gasteiger partial charge in [0.2, 0.25) is 0 Å². The molecule has 1 rings (SSSR count). The minimum absolute atomic E-state index is 0.0182. The Balaban J connectivity index is 2.48. The predicted octanol–water partition coefficient (Wildman–Crippen LogP) is -1.15. The fourth-order valence-electron chi connectivity index (χ4n) is 1.17. The first-order valence-corrected chi connectivity index (χ1v) is 4.33. The van der Waals surface area contributed by atoms with E-state index < -0.39 is 24.6 Å². The zero-order valence-electron chi connectivity index (χ0n) is 7.75. The molecule has 3 N–H and O–H groups in total. The van der Waals surface area contributed by atoms with Gasteiger partial charge in [-0.15, -0.1) is 0 Å². The summed E-state index contributed by atoms with van der Waals surface area (Å²) < 4.78 is 10.2. The van der Waals surface area contributed by atoms with Gasteiger partial charge in [0, 0.05) is 0 Å². The second-order valence-electron chi connectivity index (χ2n) is 3.44. The van der Waals surface area contributed by atoms with E-state index in [0.717, 1.165) is 0 Å². The molecule has 0 radical (unpaired) electrons. The first-order valence-electron chi connectivity index (χ1n) is 4.33. The van der Waals surface area contributed by atoms with Crippen LogP contribution in [0.25, 0.3) is 0 Å². The number of hydrogen-bond acceptors (Lipinski definition) is 5. The van der Waals surface area contributed by atoms with Gasteiger partial charge in [0.05, 0.1) is 12.7 Å². The minimum Gasteiger partial charge on any atom is -0.388 e. The van der Waals surface area contributed by atoms with E-state index in [1.54, 1.807) is 13.8 Å². The van der Waals surface area contributed by atoms with Gasteiger partial charge in [-0.25, -0.2) is 0 Å². The Morgan fingerprint density at radius 2 is 1.85 bits per heavy atom. The molecular formula is C8H16O5. The average Bonchev–Trinajstić information content (AvgIpc) is 2.06. The van der Waals surface area contributed by atoms with Crippen LogP contribution < -0.4 is 0 Å². The Hall–Kier alpha value is -0.200. The van der Waals surface area contributed by atoms with Crippen molar-refractivity contribution in [2.45, 2.75) is 44.6 Å². The van der Waals surface area contributed by atoms with Gasteiger partial charge in [-0.1, -0.05) is 0 Å². The fourth-order valence-corrected chi connectivity index (χ4v) is 1.17. The molecule has 78 valence electrons. The van der Waals surface area contributed by atoms with Crippen LogP contribution in [0.2, 0.25) is 0 Å². The molecule has 0 saturated carbocycles. The van der Waals surface area contributed by atoms with Crippen molar-refractivity contribution in [1.82, 2.24) is 0 Å². The van der Waals surface area contributed by atoms with E-state index in [1.807, 2.05) is 0 Å². The van der Waals surface area contributed by atoms with Crippen molar-refractivity contribution in [3.05, 3.63) is 0 Å². The molecule has 0 aromatic heterocycles. The molecule has 0 aliphatic carbocycles. The number of hydrogen-bond donors (Lipinski definition) is 3. The third-order valence-electron chi connectivity index (χ3n) is 1.86. The highest BCUT2D eigenvalue weighted by molar-refractivity contribution is 4.82. The van der Waals surface area contributed by atoms with E-state index in [4.69, 9.17) is 14.6 Å². The first kappa shape index (κ1) is 10.9. The quantitative estimate of drug-likeness (QED) is 0.515. The van der Waals surface area contributed by atoms with E-state index in [1.165, 1.54) is 0 Å². The summed E-state index contributed by atoms with van der Waals surface area (Å²) in [5, 5.41) is 27.8. The predicted molar refractivity (Wildman–Crippen MR) is 44.0 cm³/mol. The highest BCUT2D eigenvalue weighted by atomic mass is 16.7. The average molecular weight is 192 g/mol. The number of aliphatic hydroxyl groups is 3. The Bertz CT molecular complexity index is 161. The zero-order valence-corrected chi connectivity index (χ0v) is 7.75. The largest absolute Gasteiger partial charge is 0.388 e. The molecule has 1 aliphatic heterocycles. The van der Waals surface area contributed by atoms with Gasteiger partial charge in [-0.3, -0.25) is 0 Å². The second kappa shape index (κ2) is 4.34. The third-order valence-corrected chi connectivity index (χ3v) is 1.86. The number of aliphatic hydroxyl groups excluding tert-OH is 3. The van der Waals surface area contributed by atoms with Crippen molar-refractivity contribution in [3.63, 3.8) is 0 Å². The summed E-state index contributed by atoms with van der Waals surface area (Å²) in [5.74, 6) is 0. The smallest absolute Gasteiger partial charge is 0.186 e. The van der Waals surface area contributed by atoms with Crippen molar-refractivity contribution < 1.29 is 24.8 Å². The van der Waals surface area contributed by atoms with Gasteiger partial charge in [0.25, 0.3) is 0 Å². The molecule has 5 heteroatoms. The van der Waals surface area contributed by atoms with E-state index in [-0.39, 0.29) is 12.7 Å². The van der Waals surface area contributed by atoms with Crippen LogP contribution in [0.1, 0.15) is 13.8 Å². The maximum absolute atomic E-state index is 9.40. The monoisotopic (exact) mass is 192 g/mol. The molecule has 0 spiro atoms. The standard InChI is InChI=1S/C8H16O5/c1-4(2)13-8-7(11)6(10)5(9)3-12-8/h4-11H,3H2,1-2H3/t5-,6-,7?,8+/m0/s1. The summed E-state index contributed by atoms with van der Waals surface area (Å²) in [6.07, 6.45) is -4.37. The summed E-state index contributed by atoms with van der Waals surface area (Å²) in [6.45, 7) is 3.58. The van der Waals surface area contributed by atoms with Crippen molar-refractivity contribution in [3.8, 4) is 0 Å². The van der Waals surface area contributed by atoms with Crippen LogP contribution in [0.4, 0.5) is 0 Å².